The first kappa shape index (κ1) is 16.5. The van der Waals surface area contributed by atoms with Crippen molar-refractivity contribution in [2.75, 3.05) is 19.1 Å². The van der Waals surface area contributed by atoms with Crippen LogP contribution in [0.1, 0.15) is 16.7 Å². The second-order valence-corrected chi connectivity index (χ2v) is 6.62. The zero-order chi connectivity index (χ0) is 18.5. The summed E-state index contributed by atoms with van der Waals surface area (Å²) >= 11 is 0. The van der Waals surface area contributed by atoms with E-state index in [2.05, 4.69) is 0 Å². The molecule has 1 saturated heterocycles. The molecule has 2 aromatic carbocycles. The van der Waals surface area contributed by atoms with Crippen LogP contribution >= 0.6 is 0 Å². The van der Waals surface area contributed by atoms with E-state index in [1.54, 1.807) is 18.0 Å². The molecule has 4 rings (SSSR count). The number of rotatable bonds is 3. The summed E-state index contributed by atoms with van der Waals surface area (Å²) in [6, 6.07) is 15.3. The van der Waals surface area contributed by atoms with Gasteiger partial charge >= 0.3 is 5.97 Å². The van der Waals surface area contributed by atoms with Gasteiger partial charge in [0.05, 0.1) is 18.4 Å². The number of ether oxygens (including phenoxy) is 2. The maximum absolute atomic E-state index is 12.9. The Balaban J connectivity index is 1.77. The number of likely N-dealkylation sites (N-methyl/N-ethyl adjacent to an activating group) is 1. The zero-order valence-corrected chi connectivity index (χ0v) is 14.9. The van der Waals surface area contributed by atoms with Crippen LogP contribution in [0.5, 0.6) is 0 Å². The minimum Gasteiger partial charge on any atom is -0.466 e. The van der Waals surface area contributed by atoms with Crippen molar-refractivity contribution in [1.82, 2.24) is 0 Å². The lowest BCUT2D eigenvalue weighted by molar-refractivity contribution is -0.136. The van der Waals surface area contributed by atoms with Crippen molar-refractivity contribution in [3.05, 3.63) is 70.8 Å². The third-order valence-electron chi connectivity index (χ3n) is 5.01. The van der Waals surface area contributed by atoms with E-state index in [1.807, 2.05) is 55.5 Å². The molecule has 2 aliphatic rings. The fourth-order valence-electron chi connectivity index (χ4n) is 3.56. The topological polar surface area (TPSA) is 59.1 Å². The van der Waals surface area contributed by atoms with Gasteiger partial charge in [-0.25, -0.2) is 4.79 Å². The number of hydrogen-bond acceptors (Lipinski definition) is 4. The zero-order valence-electron chi connectivity index (χ0n) is 14.9. The Morgan fingerprint density at radius 2 is 1.88 bits per heavy atom. The molecule has 2 heterocycles. The number of fused-ring (bicyclic) bond motifs is 2. The molecule has 132 valence electrons. The number of carbonyl (C=O) groups excluding carboxylic acids is 2. The number of amides is 1. The Labute approximate surface area is 151 Å². The molecule has 1 fully saturated rings. The highest BCUT2D eigenvalue weighted by molar-refractivity contribution is 6.11. The molecular weight excluding hydrogens is 330 g/mol. The van der Waals surface area contributed by atoms with Gasteiger partial charge in [0, 0.05) is 12.6 Å². The Bertz CT molecular complexity index is 931. The van der Waals surface area contributed by atoms with Crippen LogP contribution in [0.25, 0.3) is 6.08 Å². The summed E-state index contributed by atoms with van der Waals surface area (Å²) in [6.07, 6.45) is 1.08. The molecule has 1 spiro atoms. The van der Waals surface area contributed by atoms with Crippen LogP contribution in [-0.2, 0) is 24.7 Å². The highest BCUT2D eigenvalue weighted by Crippen LogP contribution is 2.57. The van der Waals surface area contributed by atoms with E-state index in [0.29, 0.717) is 5.57 Å². The van der Waals surface area contributed by atoms with Crippen LogP contribution in [0.4, 0.5) is 5.69 Å². The SMILES string of the molecule is COC(=O)/C(=C/c1ccc(C)cc1)[C@H]1OC12C(=O)N(C)c1ccccc12. The van der Waals surface area contributed by atoms with Crippen molar-refractivity contribution in [3.63, 3.8) is 0 Å². The smallest absolute Gasteiger partial charge is 0.336 e. The molecule has 2 aliphatic heterocycles. The molecule has 0 bridgehead atoms. The largest absolute Gasteiger partial charge is 0.466 e. The molecule has 5 nitrogen and oxygen atoms in total. The van der Waals surface area contributed by atoms with Crippen molar-refractivity contribution < 1.29 is 19.1 Å². The van der Waals surface area contributed by atoms with Gasteiger partial charge in [0.2, 0.25) is 5.60 Å². The lowest BCUT2D eigenvalue weighted by atomic mass is 9.92. The number of methoxy groups -OCH3 is 1. The van der Waals surface area contributed by atoms with Crippen molar-refractivity contribution >= 4 is 23.6 Å². The van der Waals surface area contributed by atoms with Crippen LogP contribution in [0, 0.1) is 6.92 Å². The third kappa shape index (κ3) is 2.28. The molecule has 0 radical (unpaired) electrons. The van der Waals surface area contributed by atoms with Crippen molar-refractivity contribution in [2.24, 2.45) is 0 Å². The lowest BCUT2D eigenvalue weighted by Gasteiger charge is -2.09. The number of hydrogen-bond donors (Lipinski definition) is 0. The number of esters is 1. The molecule has 5 heteroatoms. The third-order valence-corrected chi connectivity index (χ3v) is 5.01. The van der Waals surface area contributed by atoms with E-state index >= 15 is 0 Å². The molecule has 1 amide bonds. The van der Waals surface area contributed by atoms with Crippen molar-refractivity contribution in [3.8, 4) is 0 Å². The molecule has 0 aromatic heterocycles. The standard InChI is InChI=1S/C21H19NO4/c1-13-8-10-14(11-9-13)12-15(19(23)25-3)18-21(26-18)16-6-4-5-7-17(16)22(2)20(21)24/h4-12,18H,1-3H3/b15-12+/t18-,21?/m1/s1. The Kier molecular flexibility index (Phi) is 3.70. The molecule has 26 heavy (non-hydrogen) atoms. The van der Waals surface area contributed by atoms with E-state index in [1.165, 1.54) is 7.11 Å². The number of epoxide rings is 1. The number of nitrogens with zero attached hydrogens (tertiary/aromatic N) is 1. The summed E-state index contributed by atoms with van der Waals surface area (Å²) in [7, 11) is 3.05. The van der Waals surface area contributed by atoms with Gasteiger partial charge < -0.3 is 14.4 Å². The highest BCUT2D eigenvalue weighted by Gasteiger charge is 2.71. The summed E-state index contributed by atoms with van der Waals surface area (Å²) in [5, 5.41) is 0. The van der Waals surface area contributed by atoms with E-state index in [9.17, 15) is 9.59 Å². The summed E-state index contributed by atoms with van der Waals surface area (Å²) < 4.78 is 10.8. The van der Waals surface area contributed by atoms with Crippen molar-refractivity contribution in [2.45, 2.75) is 18.6 Å². The average molecular weight is 349 g/mol. The first-order valence-electron chi connectivity index (χ1n) is 8.41. The summed E-state index contributed by atoms with van der Waals surface area (Å²) in [4.78, 5) is 26.9. The maximum atomic E-state index is 12.9. The van der Waals surface area contributed by atoms with Crippen LogP contribution in [0.2, 0.25) is 0 Å². The van der Waals surface area contributed by atoms with Gasteiger partial charge in [-0.3, -0.25) is 4.79 Å². The van der Waals surface area contributed by atoms with Gasteiger partial charge in [-0.05, 0) is 24.6 Å². The van der Waals surface area contributed by atoms with Gasteiger partial charge in [-0.1, -0.05) is 48.0 Å². The van der Waals surface area contributed by atoms with Crippen molar-refractivity contribution in [1.29, 1.82) is 0 Å². The molecule has 1 unspecified atom stereocenters. The normalized spacial score (nSPS) is 24.0. The summed E-state index contributed by atoms with van der Waals surface area (Å²) in [6.45, 7) is 2.00. The van der Waals surface area contributed by atoms with Gasteiger partial charge in [0.15, 0.2) is 0 Å². The van der Waals surface area contributed by atoms with Crippen LogP contribution in [0.15, 0.2) is 54.1 Å². The molecular formula is C21H19NO4. The number of anilines is 1. The van der Waals surface area contributed by atoms with Crippen LogP contribution in [0.3, 0.4) is 0 Å². The van der Waals surface area contributed by atoms with Gasteiger partial charge in [-0.2, -0.15) is 0 Å². The number of benzene rings is 2. The van der Waals surface area contributed by atoms with Gasteiger partial charge in [0.1, 0.15) is 6.10 Å². The number of para-hydroxylation sites is 1. The predicted molar refractivity (Wildman–Crippen MR) is 97.6 cm³/mol. The summed E-state index contributed by atoms with van der Waals surface area (Å²) in [5.41, 5.74) is 2.79. The molecule has 0 N–H and O–H groups in total. The molecule has 0 aliphatic carbocycles. The van der Waals surface area contributed by atoms with E-state index in [0.717, 1.165) is 22.4 Å². The highest BCUT2D eigenvalue weighted by atomic mass is 16.6. The minimum atomic E-state index is -1.13. The number of aryl methyl sites for hydroxylation is 1. The average Bonchev–Trinajstić information content (AvgIpc) is 3.37. The van der Waals surface area contributed by atoms with E-state index < -0.39 is 17.7 Å². The Morgan fingerprint density at radius 3 is 2.58 bits per heavy atom. The fraction of sp³-hybridized carbons (Fsp3) is 0.238. The lowest BCUT2D eigenvalue weighted by Crippen LogP contribution is -2.32. The molecule has 2 atom stereocenters. The quantitative estimate of drug-likeness (QED) is 0.486. The number of carbonyl (C=O) groups is 2. The second kappa shape index (κ2) is 5.81. The fourth-order valence-corrected chi connectivity index (χ4v) is 3.56. The van der Waals surface area contributed by atoms with E-state index in [4.69, 9.17) is 9.47 Å². The van der Waals surface area contributed by atoms with Crippen LogP contribution < -0.4 is 4.90 Å². The molecule has 2 aromatic rings. The minimum absolute atomic E-state index is 0.164. The van der Waals surface area contributed by atoms with Gasteiger partial charge in [0.25, 0.3) is 5.91 Å². The Morgan fingerprint density at radius 1 is 1.19 bits per heavy atom. The summed E-state index contributed by atoms with van der Waals surface area (Å²) in [5.74, 6) is -0.658. The van der Waals surface area contributed by atoms with Crippen LogP contribution in [-0.4, -0.2) is 32.1 Å². The second-order valence-electron chi connectivity index (χ2n) is 6.62. The monoisotopic (exact) mass is 349 g/mol. The Hall–Kier alpha value is -2.92. The predicted octanol–water partition coefficient (Wildman–Crippen LogP) is 2.82. The van der Waals surface area contributed by atoms with Gasteiger partial charge in [-0.15, -0.1) is 0 Å². The molecule has 0 saturated carbocycles. The first-order chi connectivity index (χ1) is 12.5. The first-order valence-corrected chi connectivity index (χ1v) is 8.41. The van der Waals surface area contributed by atoms with E-state index in [-0.39, 0.29) is 5.91 Å². The maximum Gasteiger partial charge on any atom is 0.336 e.